The van der Waals surface area contributed by atoms with Crippen molar-refractivity contribution in [2.24, 2.45) is 0 Å². The Labute approximate surface area is 165 Å². The fourth-order valence-corrected chi connectivity index (χ4v) is 4.80. The first-order valence-electron chi connectivity index (χ1n) is 10.3. The molecule has 2 saturated heterocycles. The maximum absolute atomic E-state index is 13.4. The monoisotopic (exact) mass is 375 g/mol. The number of anilines is 3. The van der Waals surface area contributed by atoms with Gasteiger partial charge in [-0.05, 0) is 61.6 Å². The number of hydrogen-bond donors (Lipinski definition) is 0. The van der Waals surface area contributed by atoms with E-state index in [1.54, 1.807) is 4.90 Å². The molecule has 2 aromatic carbocycles. The van der Waals surface area contributed by atoms with Gasteiger partial charge >= 0.3 is 0 Å². The van der Waals surface area contributed by atoms with E-state index in [2.05, 4.69) is 23.1 Å². The number of fused-ring (bicyclic) bond motifs is 1. The molecule has 0 bridgehead atoms. The van der Waals surface area contributed by atoms with E-state index in [0.717, 1.165) is 30.9 Å². The van der Waals surface area contributed by atoms with E-state index in [4.69, 9.17) is 0 Å². The zero-order valence-corrected chi connectivity index (χ0v) is 16.0. The maximum atomic E-state index is 13.4. The first-order chi connectivity index (χ1) is 13.7. The molecule has 0 saturated carbocycles. The lowest BCUT2D eigenvalue weighted by molar-refractivity contribution is -0.122. The second-order valence-corrected chi connectivity index (χ2v) is 7.90. The molecule has 3 aliphatic rings. The SMILES string of the molecule is O=C(C1CCC(=O)N1c1ccccc1)N1CCc2cc(N3CCCC3)ccc21. The second-order valence-electron chi connectivity index (χ2n) is 7.90. The van der Waals surface area contributed by atoms with Crippen LogP contribution in [-0.4, -0.2) is 37.5 Å². The Morgan fingerprint density at radius 1 is 0.893 bits per heavy atom. The van der Waals surface area contributed by atoms with Gasteiger partial charge in [-0.2, -0.15) is 0 Å². The lowest BCUT2D eigenvalue weighted by atomic mass is 10.1. The Morgan fingerprint density at radius 2 is 1.68 bits per heavy atom. The topological polar surface area (TPSA) is 43.9 Å². The molecule has 0 aliphatic carbocycles. The van der Waals surface area contributed by atoms with Crippen molar-refractivity contribution in [2.75, 3.05) is 34.3 Å². The summed E-state index contributed by atoms with van der Waals surface area (Å²) in [5, 5.41) is 0. The third-order valence-electron chi connectivity index (χ3n) is 6.23. The van der Waals surface area contributed by atoms with Gasteiger partial charge in [0.2, 0.25) is 11.8 Å². The molecule has 5 heteroatoms. The molecule has 0 radical (unpaired) electrons. The van der Waals surface area contributed by atoms with Crippen molar-refractivity contribution in [3.05, 3.63) is 54.1 Å². The number of rotatable bonds is 3. The highest BCUT2D eigenvalue weighted by Gasteiger charge is 2.40. The number of para-hydroxylation sites is 1. The molecular formula is C23H25N3O2. The molecule has 2 fully saturated rings. The van der Waals surface area contributed by atoms with Crippen LogP contribution >= 0.6 is 0 Å². The van der Waals surface area contributed by atoms with Crippen LogP contribution in [0, 0.1) is 0 Å². The van der Waals surface area contributed by atoms with Crippen LogP contribution in [0.4, 0.5) is 17.1 Å². The summed E-state index contributed by atoms with van der Waals surface area (Å²) in [6.45, 7) is 2.94. The summed E-state index contributed by atoms with van der Waals surface area (Å²) in [4.78, 5) is 31.9. The van der Waals surface area contributed by atoms with Crippen LogP contribution in [0.3, 0.4) is 0 Å². The van der Waals surface area contributed by atoms with E-state index in [1.807, 2.05) is 35.2 Å². The predicted molar refractivity (Wildman–Crippen MR) is 111 cm³/mol. The third-order valence-corrected chi connectivity index (χ3v) is 6.23. The predicted octanol–water partition coefficient (Wildman–Crippen LogP) is 3.37. The van der Waals surface area contributed by atoms with Crippen molar-refractivity contribution < 1.29 is 9.59 Å². The molecule has 1 atom stereocenters. The standard InChI is InChI=1S/C23H25N3O2/c27-22-11-10-21(26(22)18-6-2-1-3-7-18)23(28)25-15-12-17-16-19(8-9-20(17)25)24-13-4-5-14-24/h1-3,6-9,16,21H,4-5,10-15H2. The maximum Gasteiger partial charge on any atom is 0.250 e. The zero-order chi connectivity index (χ0) is 19.1. The summed E-state index contributed by atoms with van der Waals surface area (Å²) < 4.78 is 0. The molecule has 28 heavy (non-hydrogen) atoms. The Hall–Kier alpha value is -2.82. The Kier molecular flexibility index (Phi) is 4.30. The summed E-state index contributed by atoms with van der Waals surface area (Å²) >= 11 is 0. The minimum atomic E-state index is -0.404. The lowest BCUT2D eigenvalue weighted by Gasteiger charge is -2.28. The van der Waals surface area contributed by atoms with Gasteiger partial charge < -0.3 is 9.80 Å². The van der Waals surface area contributed by atoms with E-state index in [1.165, 1.54) is 24.1 Å². The number of amides is 2. The summed E-state index contributed by atoms with van der Waals surface area (Å²) in [7, 11) is 0. The van der Waals surface area contributed by atoms with Crippen LogP contribution < -0.4 is 14.7 Å². The van der Waals surface area contributed by atoms with Crippen molar-refractivity contribution in [3.8, 4) is 0 Å². The molecule has 5 nitrogen and oxygen atoms in total. The number of carbonyl (C=O) groups is 2. The minimum Gasteiger partial charge on any atom is -0.372 e. The van der Waals surface area contributed by atoms with E-state index in [9.17, 15) is 9.59 Å². The molecule has 3 heterocycles. The van der Waals surface area contributed by atoms with Crippen molar-refractivity contribution in [1.29, 1.82) is 0 Å². The fourth-order valence-electron chi connectivity index (χ4n) is 4.80. The molecule has 5 rings (SSSR count). The summed E-state index contributed by atoms with van der Waals surface area (Å²) in [5.74, 6) is 0.0794. The first-order valence-corrected chi connectivity index (χ1v) is 10.3. The highest BCUT2D eigenvalue weighted by atomic mass is 16.2. The molecule has 2 amide bonds. The van der Waals surface area contributed by atoms with E-state index in [-0.39, 0.29) is 11.8 Å². The number of carbonyl (C=O) groups excluding carboxylic acids is 2. The summed E-state index contributed by atoms with van der Waals surface area (Å²) in [6, 6.07) is 15.6. The second kappa shape index (κ2) is 6.97. The first kappa shape index (κ1) is 17.3. The van der Waals surface area contributed by atoms with Crippen LogP contribution in [0.15, 0.2) is 48.5 Å². The number of benzene rings is 2. The minimum absolute atomic E-state index is 0.0355. The molecule has 0 spiro atoms. The van der Waals surface area contributed by atoms with Gasteiger partial charge in [0.15, 0.2) is 0 Å². The van der Waals surface area contributed by atoms with Gasteiger partial charge in [-0.25, -0.2) is 0 Å². The van der Waals surface area contributed by atoms with Crippen molar-refractivity contribution >= 4 is 28.9 Å². The number of hydrogen-bond acceptors (Lipinski definition) is 3. The van der Waals surface area contributed by atoms with Gasteiger partial charge in [-0.1, -0.05) is 18.2 Å². The molecule has 2 aromatic rings. The van der Waals surface area contributed by atoms with Gasteiger partial charge in [0, 0.05) is 43.1 Å². The zero-order valence-electron chi connectivity index (χ0n) is 16.0. The summed E-state index contributed by atoms with van der Waals surface area (Å²) in [5.41, 5.74) is 4.34. The smallest absolute Gasteiger partial charge is 0.250 e. The average Bonchev–Trinajstić information content (AvgIpc) is 3.47. The van der Waals surface area contributed by atoms with Gasteiger partial charge in [0.25, 0.3) is 0 Å². The van der Waals surface area contributed by atoms with Crippen molar-refractivity contribution in [1.82, 2.24) is 0 Å². The third kappa shape index (κ3) is 2.86. The highest BCUT2D eigenvalue weighted by molar-refractivity contribution is 6.09. The lowest BCUT2D eigenvalue weighted by Crippen LogP contribution is -2.46. The molecule has 0 aromatic heterocycles. The molecule has 3 aliphatic heterocycles. The van der Waals surface area contributed by atoms with Gasteiger partial charge in [0.05, 0.1) is 0 Å². The van der Waals surface area contributed by atoms with E-state index >= 15 is 0 Å². The molecule has 1 unspecified atom stereocenters. The normalized spacial score (nSPS) is 21.5. The van der Waals surface area contributed by atoms with Gasteiger partial charge in [-0.3, -0.25) is 14.5 Å². The van der Waals surface area contributed by atoms with Crippen LogP contribution in [0.1, 0.15) is 31.2 Å². The van der Waals surface area contributed by atoms with E-state index < -0.39 is 6.04 Å². The van der Waals surface area contributed by atoms with Gasteiger partial charge in [0.1, 0.15) is 6.04 Å². The molecule has 144 valence electrons. The quantitative estimate of drug-likeness (QED) is 0.826. The van der Waals surface area contributed by atoms with Crippen LogP contribution in [0.5, 0.6) is 0 Å². The van der Waals surface area contributed by atoms with Crippen LogP contribution in [0.25, 0.3) is 0 Å². The summed E-state index contributed by atoms with van der Waals surface area (Å²) in [6.07, 6.45) is 4.42. The van der Waals surface area contributed by atoms with Crippen LogP contribution in [-0.2, 0) is 16.0 Å². The van der Waals surface area contributed by atoms with Gasteiger partial charge in [-0.15, -0.1) is 0 Å². The Morgan fingerprint density at radius 3 is 2.46 bits per heavy atom. The Balaban J connectivity index is 1.40. The molecule has 0 N–H and O–H groups in total. The van der Waals surface area contributed by atoms with Crippen molar-refractivity contribution in [2.45, 2.75) is 38.1 Å². The van der Waals surface area contributed by atoms with E-state index in [0.29, 0.717) is 19.4 Å². The largest absolute Gasteiger partial charge is 0.372 e. The average molecular weight is 375 g/mol. The highest BCUT2D eigenvalue weighted by Crippen LogP contribution is 2.35. The molecular weight excluding hydrogens is 350 g/mol. The van der Waals surface area contributed by atoms with Crippen LogP contribution in [0.2, 0.25) is 0 Å². The van der Waals surface area contributed by atoms with Crippen molar-refractivity contribution in [3.63, 3.8) is 0 Å². The number of nitrogens with zero attached hydrogens (tertiary/aromatic N) is 3. The Bertz CT molecular complexity index is 905. The fraction of sp³-hybridized carbons (Fsp3) is 0.391.